The molecule has 0 aliphatic heterocycles. The van der Waals surface area contributed by atoms with E-state index in [0.29, 0.717) is 17.6 Å². The Bertz CT molecular complexity index is 983. The van der Waals surface area contributed by atoms with Crippen LogP contribution in [0.1, 0.15) is 120 Å². The molecular weight excluding hydrogens is 542 g/mol. The zero-order chi connectivity index (χ0) is 27.7. The topological polar surface area (TPSA) is 72.2 Å². The van der Waals surface area contributed by atoms with Crippen LogP contribution in [0.5, 0.6) is 0 Å². The second-order valence-electron chi connectivity index (χ2n) is 11.4. The second kappa shape index (κ2) is 20.2. The molecule has 0 aliphatic rings. The number of rotatable bonds is 17. The van der Waals surface area contributed by atoms with Gasteiger partial charge in [0.15, 0.2) is 0 Å². The fourth-order valence-corrected chi connectivity index (χ4v) is 4.53. The third-order valence-corrected chi connectivity index (χ3v) is 6.81. The molecule has 0 aliphatic carbocycles. The first-order chi connectivity index (χ1) is 17.6. The largest absolute Gasteiger partial charge is 1.00 e. The molecule has 6 nitrogen and oxygen atoms in total. The van der Waals surface area contributed by atoms with Gasteiger partial charge in [-0.25, -0.2) is 9.78 Å². The van der Waals surface area contributed by atoms with Gasteiger partial charge in [0.1, 0.15) is 11.2 Å². The molecule has 0 aromatic carbocycles. The van der Waals surface area contributed by atoms with Crippen LogP contribution in [0, 0.1) is 6.92 Å². The average molecular weight is 597 g/mol. The van der Waals surface area contributed by atoms with Crippen molar-refractivity contribution >= 4 is 17.0 Å². The minimum atomic E-state index is -1.21. The molecule has 0 radical (unpaired) electrons. The maximum absolute atomic E-state index is 11.9. The summed E-state index contributed by atoms with van der Waals surface area (Å²) in [6.07, 6.45) is 21.7. The summed E-state index contributed by atoms with van der Waals surface area (Å²) < 4.78 is 2.80. The number of carbonyl (C=O) groups is 1. The number of carboxylic acid groups (broad SMARTS) is 1. The molecular formula is C31H54BrN3O3. The van der Waals surface area contributed by atoms with Crippen molar-refractivity contribution in [1.29, 1.82) is 0 Å². The van der Waals surface area contributed by atoms with Crippen molar-refractivity contribution in [2.75, 3.05) is 27.7 Å². The molecule has 218 valence electrons. The molecule has 0 fully saturated rings. The number of hydrogen-bond acceptors (Lipinski definition) is 3. The summed E-state index contributed by atoms with van der Waals surface area (Å²) in [6.45, 7) is 7.89. The highest BCUT2D eigenvalue weighted by Gasteiger charge is 2.14. The molecule has 0 amide bonds. The van der Waals surface area contributed by atoms with Crippen molar-refractivity contribution in [3.63, 3.8) is 0 Å². The monoisotopic (exact) mass is 595 g/mol. The molecule has 0 spiro atoms. The Balaban J connectivity index is 0.000000708. The van der Waals surface area contributed by atoms with E-state index in [9.17, 15) is 9.59 Å². The molecule has 0 saturated heterocycles. The average Bonchev–Trinajstić information content (AvgIpc) is 2.84. The maximum Gasteiger partial charge on any atom is 0.341 e. The minimum absolute atomic E-state index is 0. The van der Waals surface area contributed by atoms with E-state index < -0.39 is 11.4 Å². The van der Waals surface area contributed by atoms with Gasteiger partial charge in [-0.3, -0.25) is 4.79 Å². The molecule has 2 rings (SSSR count). The summed E-state index contributed by atoms with van der Waals surface area (Å²) in [5, 5.41) is 9.31. The van der Waals surface area contributed by atoms with Crippen LogP contribution in [0.2, 0.25) is 0 Å². The Labute approximate surface area is 242 Å². The van der Waals surface area contributed by atoms with E-state index in [1.165, 1.54) is 103 Å². The lowest BCUT2D eigenvalue weighted by Crippen LogP contribution is -3.00. The van der Waals surface area contributed by atoms with Gasteiger partial charge in [0.05, 0.1) is 33.1 Å². The third-order valence-electron chi connectivity index (χ3n) is 6.81. The van der Waals surface area contributed by atoms with Crippen LogP contribution in [0.15, 0.2) is 23.1 Å². The van der Waals surface area contributed by atoms with Crippen LogP contribution >= 0.6 is 0 Å². The number of nitrogens with zero attached hydrogens (tertiary/aromatic N) is 3. The molecule has 1 N–H and O–H groups in total. The zero-order valence-electron chi connectivity index (χ0n) is 25.0. The first-order valence-electron chi connectivity index (χ1n) is 14.6. The van der Waals surface area contributed by atoms with Crippen LogP contribution < -0.4 is 22.4 Å². The van der Waals surface area contributed by atoms with E-state index in [-0.39, 0.29) is 22.5 Å². The molecule has 0 bridgehead atoms. The summed E-state index contributed by atoms with van der Waals surface area (Å²) in [5.74, 6) is -1.21. The van der Waals surface area contributed by atoms with Gasteiger partial charge in [-0.1, -0.05) is 84.0 Å². The Kier molecular flexibility index (Phi) is 19.3. The summed E-state index contributed by atoms with van der Waals surface area (Å²) in [4.78, 5) is 27.2. The number of aromatic nitrogens is 2. The number of aromatic carboxylic acids is 1. The van der Waals surface area contributed by atoms with Gasteiger partial charge < -0.3 is 31.1 Å². The molecule has 0 saturated carbocycles. The molecule has 2 aromatic heterocycles. The molecule has 7 heteroatoms. The van der Waals surface area contributed by atoms with Gasteiger partial charge in [-0.15, -0.1) is 0 Å². The summed E-state index contributed by atoms with van der Waals surface area (Å²) in [5.41, 5.74) is 0.624. The second-order valence-corrected chi connectivity index (χ2v) is 11.4. The Morgan fingerprint density at radius 1 is 0.842 bits per heavy atom. The SMILES string of the molecule is CCCCCCCCCCCCCCCC[N+](C)(C)C.CCn1cc(C(=O)O)c(=O)c2ccc(C)nc21.[Br-]. The number of hydrogen-bond donors (Lipinski definition) is 1. The highest BCUT2D eigenvalue weighted by atomic mass is 79.9. The van der Waals surface area contributed by atoms with Gasteiger partial charge >= 0.3 is 5.97 Å². The van der Waals surface area contributed by atoms with E-state index in [2.05, 4.69) is 33.1 Å². The maximum atomic E-state index is 11.9. The lowest BCUT2D eigenvalue weighted by atomic mass is 10.0. The number of pyridine rings is 2. The van der Waals surface area contributed by atoms with Crippen LogP contribution in [0.3, 0.4) is 0 Å². The summed E-state index contributed by atoms with van der Waals surface area (Å²) >= 11 is 0. The Morgan fingerprint density at radius 3 is 1.74 bits per heavy atom. The summed E-state index contributed by atoms with van der Waals surface area (Å²) in [6, 6.07) is 3.33. The van der Waals surface area contributed by atoms with Crippen LogP contribution in [0.25, 0.3) is 11.0 Å². The molecule has 38 heavy (non-hydrogen) atoms. The van der Waals surface area contributed by atoms with Gasteiger partial charge in [-0.2, -0.15) is 0 Å². The Hall–Kier alpha value is -1.73. The van der Waals surface area contributed by atoms with Crippen LogP contribution in [-0.4, -0.2) is 52.8 Å². The number of carboxylic acids is 1. The van der Waals surface area contributed by atoms with Gasteiger partial charge in [0.25, 0.3) is 0 Å². The van der Waals surface area contributed by atoms with E-state index >= 15 is 0 Å². The van der Waals surface area contributed by atoms with Gasteiger partial charge in [0.2, 0.25) is 5.43 Å². The fourth-order valence-electron chi connectivity index (χ4n) is 4.53. The molecule has 2 heterocycles. The standard InChI is InChI=1S/C19H42N.C12H12N2O3.BrH/c1-5-6-7-8-9-10-11-12-13-14-15-16-17-18-19-20(2,3)4;1-3-14-6-9(12(16)17)10(15)8-5-4-7(2)13-11(8)14;/h5-19H2,1-4H3;4-6H,3H2,1-2H3,(H,16,17);1H/q+1;;/p-1. The van der Waals surface area contributed by atoms with Crippen molar-refractivity contribution in [2.24, 2.45) is 0 Å². The van der Waals surface area contributed by atoms with Crippen LogP contribution in [-0.2, 0) is 6.54 Å². The normalized spacial score (nSPS) is 11.1. The van der Waals surface area contributed by atoms with E-state index in [1.807, 2.05) is 13.8 Å². The zero-order valence-corrected chi connectivity index (χ0v) is 26.6. The number of fused-ring (bicyclic) bond motifs is 1. The van der Waals surface area contributed by atoms with Gasteiger partial charge in [0, 0.05) is 18.4 Å². The third kappa shape index (κ3) is 15.0. The fraction of sp³-hybridized carbons (Fsp3) is 0.710. The Morgan fingerprint density at radius 2 is 1.32 bits per heavy atom. The van der Waals surface area contributed by atoms with Crippen molar-refractivity contribution in [2.45, 2.75) is 117 Å². The quantitative estimate of drug-likeness (QED) is 0.214. The van der Waals surface area contributed by atoms with Crippen molar-refractivity contribution in [3.05, 3.63) is 39.8 Å². The smallest absolute Gasteiger partial charge is 0.341 e. The minimum Gasteiger partial charge on any atom is -1.00 e. The highest BCUT2D eigenvalue weighted by Crippen LogP contribution is 2.13. The molecule has 0 atom stereocenters. The predicted octanol–water partition coefficient (Wildman–Crippen LogP) is 4.60. The van der Waals surface area contributed by atoms with Crippen LogP contribution in [0.4, 0.5) is 0 Å². The molecule has 2 aromatic rings. The van der Waals surface area contributed by atoms with E-state index in [0.717, 1.165) is 10.2 Å². The number of quaternary nitrogens is 1. The van der Waals surface area contributed by atoms with Crippen molar-refractivity contribution in [1.82, 2.24) is 9.55 Å². The summed E-state index contributed by atoms with van der Waals surface area (Å²) in [7, 11) is 6.88. The highest BCUT2D eigenvalue weighted by molar-refractivity contribution is 5.91. The lowest BCUT2D eigenvalue weighted by Gasteiger charge is -2.23. The number of aryl methyl sites for hydroxylation is 2. The first-order valence-corrected chi connectivity index (χ1v) is 14.6. The van der Waals surface area contributed by atoms with Crippen molar-refractivity contribution < 1.29 is 31.4 Å². The first kappa shape index (κ1) is 36.3. The molecule has 0 unspecified atom stereocenters. The lowest BCUT2D eigenvalue weighted by molar-refractivity contribution is -0.870. The number of unbranched alkanes of at least 4 members (excludes halogenated alkanes) is 13. The number of halogens is 1. The predicted molar refractivity (Wildman–Crippen MR) is 157 cm³/mol. The van der Waals surface area contributed by atoms with E-state index in [4.69, 9.17) is 5.11 Å². The van der Waals surface area contributed by atoms with Crippen molar-refractivity contribution in [3.8, 4) is 0 Å². The van der Waals surface area contributed by atoms with Gasteiger partial charge in [-0.05, 0) is 38.8 Å². The van der Waals surface area contributed by atoms with E-state index in [1.54, 1.807) is 16.7 Å².